The molecule has 0 spiro atoms. The van der Waals surface area contributed by atoms with Crippen LogP contribution in [-0.4, -0.2) is 39.6 Å². The van der Waals surface area contributed by atoms with Crippen molar-refractivity contribution < 1.29 is 27.3 Å². The Bertz CT molecular complexity index is 744. The highest BCUT2D eigenvalue weighted by atomic mass is 35.5. The molecule has 0 radical (unpaired) electrons. The topological polar surface area (TPSA) is 115 Å². The quantitative estimate of drug-likeness (QED) is 0.618. The van der Waals surface area contributed by atoms with Gasteiger partial charge in [-0.25, -0.2) is 13.8 Å². The second kappa shape index (κ2) is 6.05. The van der Waals surface area contributed by atoms with E-state index in [4.69, 9.17) is 35.6 Å². The predicted octanol–water partition coefficient (Wildman–Crippen LogP) is 1.58. The third kappa shape index (κ3) is 3.10. The molecule has 0 aromatic carbocycles. The number of hydrogen-bond donors (Lipinski definition) is 1. The summed E-state index contributed by atoms with van der Waals surface area (Å²) in [5.74, 6) is -0.0277. The van der Waals surface area contributed by atoms with E-state index >= 15 is 4.39 Å². The monoisotopic (exact) mass is 383 g/mol. The molecule has 5 atom stereocenters. The van der Waals surface area contributed by atoms with Gasteiger partial charge in [-0.1, -0.05) is 11.6 Å². The van der Waals surface area contributed by atoms with Crippen molar-refractivity contribution in [3.05, 3.63) is 22.7 Å². The van der Waals surface area contributed by atoms with Gasteiger partial charge in [-0.15, -0.1) is 0 Å². The number of phosphoric ester groups is 1. The van der Waals surface area contributed by atoms with E-state index in [1.807, 2.05) is 0 Å². The van der Waals surface area contributed by atoms with Crippen LogP contribution in [0, 0.1) is 0 Å². The van der Waals surface area contributed by atoms with Crippen LogP contribution >= 0.6 is 19.4 Å². The zero-order valence-corrected chi connectivity index (χ0v) is 14.4. The van der Waals surface area contributed by atoms with Gasteiger partial charge in [0.1, 0.15) is 11.9 Å². The smallest absolute Gasteiger partial charge is 0.383 e. The molecule has 2 fully saturated rings. The molecular weight excluding hydrogens is 368 g/mol. The van der Waals surface area contributed by atoms with Crippen LogP contribution in [0.4, 0.5) is 10.2 Å². The fourth-order valence-electron chi connectivity index (χ4n) is 2.48. The van der Waals surface area contributed by atoms with Crippen LogP contribution in [0.5, 0.6) is 0 Å². The highest BCUT2D eigenvalue weighted by molar-refractivity contribution is 7.48. The minimum Gasteiger partial charge on any atom is -0.383 e. The Morgan fingerprint density at radius 2 is 2.33 bits per heavy atom. The standard InChI is InChI=1S/C12H16ClFN3O6P/c1-6(2)22-24(19)20-5-7-9(23-24)12(13,14)10(21-7)17-4-3-8(15)16-11(17)18/h3-4,6-7,9-10H,5H2,1-2H3,(H2,15,16,18)/t7-,9-,10-,12+,24-/m1/s1. The molecule has 134 valence electrons. The van der Waals surface area contributed by atoms with Gasteiger partial charge in [0, 0.05) is 6.20 Å². The maximum Gasteiger partial charge on any atom is 0.475 e. The minimum atomic E-state index is -3.98. The van der Waals surface area contributed by atoms with Crippen LogP contribution in [0.25, 0.3) is 0 Å². The van der Waals surface area contributed by atoms with Crippen molar-refractivity contribution in [1.82, 2.24) is 9.55 Å². The van der Waals surface area contributed by atoms with E-state index in [0.717, 1.165) is 4.57 Å². The molecule has 1 aromatic rings. The van der Waals surface area contributed by atoms with Crippen molar-refractivity contribution in [1.29, 1.82) is 0 Å². The molecule has 2 saturated heterocycles. The Labute approximate surface area is 141 Å². The first-order chi connectivity index (χ1) is 11.1. The summed E-state index contributed by atoms with van der Waals surface area (Å²) in [6.07, 6.45) is -3.25. The summed E-state index contributed by atoms with van der Waals surface area (Å²) in [5.41, 5.74) is 4.56. The van der Waals surface area contributed by atoms with Gasteiger partial charge < -0.3 is 10.5 Å². The van der Waals surface area contributed by atoms with E-state index in [-0.39, 0.29) is 12.4 Å². The molecular formula is C12H16ClFN3O6P. The van der Waals surface area contributed by atoms with E-state index in [9.17, 15) is 9.36 Å². The number of aromatic nitrogens is 2. The highest BCUT2D eigenvalue weighted by Crippen LogP contribution is 2.60. The fraction of sp³-hybridized carbons (Fsp3) is 0.667. The number of halogens is 2. The van der Waals surface area contributed by atoms with E-state index in [2.05, 4.69) is 4.98 Å². The molecule has 0 aliphatic carbocycles. The first-order valence-electron chi connectivity index (χ1n) is 7.12. The normalized spacial score (nSPS) is 39.1. The predicted molar refractivity (Wildman–Crippen MR) is 81.2 cm³/mol. The minimum absolute atomic E-state index is 0.0277. The van der Waals surface area contributed by atoms with Gasteiger partial charge in [-0.2, -0.15) is 4.98 Å². The number of nitrogens with two attached hydrogens (primary N) is 1. The molecule has 9 nitrogen and oxygen atoms in total. The number of anilines is 1. The number of phosphoric acid groups is 1. The SMILES string of the molecule is CC(C)O[P@@]1(=O)OC[C@H]2O[C@@H](n3ccc(N)nc3=O)[C@](F)(Cl)[C@@H]2O1. The van der Waals surface area contributed by atoms with Gasteiger partial charge in [-0.05, 0) is 19.9 Å². The third-order valence-electron chi connectivity index (χ3n) is 3.43. The maximum atomic E-state index is 15.1. The molecule has 2 aliphatic rings. The van der Waals surface area contributed by atoms with Crippen molar-refractivity contribution in [2.75, 3.05) is 12.3 Å². The van der Waals surface area contributed by atoms with Crippen LogP contribution in [0.2, 0.25) is 0 Å². The molecule has 2 aliphatic heterocycles. The largest absolute Gasteiger partial charge is 0.475 e. The zero-order valence-electron chi connectivity index (χ0n) is 12.8. The Morgan fingerprint density at radius 1 is 1.62 bits per heavy atom. The lowest BCUT2D eigenvalue weighted by Crippen LogP contribution is -2.44. The first kappa shape index (κ1) is 17.8. The van der Waals surface area contributed by atoms with E-state index < -0.39 is 43.2 Å². The Hall–Kier alpha value is -1.03. The fourth-order valence-corrected chi connectivity index (χ4v) is 4.47. The summed E-state index contributed by atoms with van der Waals surface area (Å²) in [7, 11) is -3.98. The molecule has 3 rings (SSSR count). The van der Waals surface area contributed by atoms with Gasteiger partial charge in [0.05, 0.1) is 12.7 Å². The average molecular weight is 384 g/mol. The lowest BCUT2D eigenvalue weighted by molar-refractivity contribution is -0.0748. The van der Waals surface area contributed by atoms with Crippen molar-refractivity contribution in [2.24, 2.45) is 0 Å². The molecule has 0 saturated carbocycles. The van der Waals surface area contributed by atoms with Crippen molar-refractivity contribution in [3.8, 4) is 0 Å². The van der Waals surface area contributed by atoms with Gasteiger partial charge in [0.15, 0.2) is 12.3 Å². The molecule has 0 unspecified atom stereocenters. The highest BCUT2D eigenvalue weighted by Gasteiger charge is 2.63. The number of hydrogen-bond acceptors (Lipinski definition) is 8. The van der Waals surface area contributed by atoms with Gasteiger partial charge >= 0.3 is 13.5 Å². The molecule has 1 aromatic heterocycles. The van der Waals surface area contributed by atoms with Gasteiger partial charge in [0.25, 0.3) is 5.13 Å². The van der Waals surface area contributed by atoms with Crippen LogP contribution in [-0.2, 0) is 22.9 Å². The average Bonchev–Trinajstić information content (AvgIpc) is 2.69. The van der Waals surface area contributed by atoms with E-state index in [0.29, 0.717) is 0 Å². The zero-order chi connectivity index (χ0) is 17.7. The summed E-state index contributed by atoms with van der Waals surface area (Å²) in [6, 6.07) is 1.30. The molecule has 12 heteroatoms. The third-order valence-corrected chi connectivity index (χ3v) is 5.47. The second-order valence-corrected chi connectivity index (χ2v) is 7.82. The summed E-state index contributed by atoms with van der Waals surface area (Å²) in [6.45, 7) is 2.98. The maximum absolute atomic E-state index is 15.1. The number of ether oxygens (including phenoxy) is 1. The molecule has 2 N–H and O–H groups in total. The summed E-state index contributed by atoms with van der Waals surface area (Å²) in [5, 5.41) is -2.69. The summed E-state index contributed by atoms with van der Waals surface area (Å²) >= 11 is 5.95. The summed E-state index contributed by atoms with van der Waals surface area (Å²) in [4.78, 5) is 15.4. The van der Waals surface area contributed by atoms with Crippen molar-refractivity contribution >= 4 is 25.2 Å². The lowest BCUT2D eigenvalue weighted by atomic mass is 10.1. The number of nitrogen functional groups attached to an aromatic ring is 1. The Balaban J connectivity index is 1.90. The van der Waals surface area contributed by atoms with E-state index in [1.165, 1.54) is 12.3 Å². The van der Waals surface area contributed by atoms with Crippen LogP contribution in [0.15, 0.2) is 17.1 Å². The Kier molecular flexibility index (Phi) is 4.48. The van der Waals surface area contributed by atoms with Gasteiger partial charge in [-0.3, -0.25) is 18.1 Å². The Morgan fingerprint density at radius 3 is 2.96 bits per heavy atom. The number of nitrogens with zero attached hydrogens (tertiary/aromatic N) is 2. The molecule has 0 amide bonds. The lowest BCUT2D eigenvalue weighted by Gasteiger charge is -2.33. The van der Waals surface area contributed by atoms with Crippen LogP contribution in [0.3, 0.4) is 0 Å². The molecule has 0 bridgehead atoms. The summed E-state index contributed by atoms with van der Waals surface area (Å²) < 4.78 is 49.1. The molecule has 3 heterocycles. The number of fused-ring (bicyclic) bond motifs is 1. The van der Waals surface area contributed by atoms with Crippen molar-refractivity contribution in [2.45, 2.75) is 43.5 Å². The van der Waals surface area contributed by atoms with Crippen LogP contribution < -0.4 is 11.4 Å². The van der Waals surface area contributed by atoms with Crippen LogP contribution in [0.1, 0.15) is 20.1 Å². The number of alkyl halides is 2. The molecule has 24 heavy (non-hydrogen) atoms. The van der Waals surface area contributed by atoms with Gasteiger partial charge in [0.2, 0.25) is 0 Å². The van der Waals surface area contributed by atoms with Crippen molar-refractivity contribution in [3.63, 3.8) is 0 Å². The second-order valence-electron chi connectivity index (χ2n) is 5.67. The van der Waals surface area contributed by atoms with E-state index in [1.54, 1.807) is 13.8 Å². The number of rotatable bonds is 3. The first-order valence-corrected chi connectivity index (χ1v) is 8.95.